The Morgan fingerprint density at radius 3 is 2.74 bits per heavy atom. The Balaban J connectivity index is 0.00000131. The Bertz CT molecular complexity index is 739. The third kappa shape index (κ3) is 5.17. The molecule has 27 heavy (non-hydrogen) atoms. The van der Waals surface area contributed by atoms with Gasteiger partial charge in [0.05, 0.1) is 0 Å². The maximum atomic E-state index is 12.8. The van der Waals surface area contributed by atoms with Crippen molar-refractivity contribution < 1.29 is 4.79 Å². The second-order valence-electron chi connectivity index (χ2n) is 6.97. The summed E-state index contributed by atoms with van der Waals surface area (Å²) in [6, 6.07) is 8.02. The van der Waals surface area contributed by atoms with Gasteiger partial charge in [0, 0.05) is 50.4 Å². The van der Waals surface area contributed by atoms with E-state index < -0.39 is 0 Å². The topological polar surface area (TPSA) is 50.2 Å². The summed E-state index contributed by atoms with van der Waals surface area (Å²) in [7, 11) is 0. The quantitative estimate of drug-likeness (QED) is 0.812. The molecule has 2 aliphatic heterocycles. The highest BCUT2D eigenvalue weighted by molar-refractivity contribution is 6.30. The van der Waals surface area contributed by atoms with Crippen LogP contribution in [0.3, 0.4) is 0 Å². The first-order chi connectivity index (χ1) is 12.2. The Kier molecular flexibility index (Phi) is 7.98. The second-order valence-corrected chi connectivity index (χ2v) is 7.41. The van der Waals surface area contributed by atoms with E-state index in [1.807, 2.05) is 23.2 Å². The molecule has 2 aliphatic rings. The predicted octanol–water partition coefficient (Wildman–Crippen LogP) is 3.23. The van der Waals surface area contributed by atoms with Crippen molar-refractivity contribution in [1.82, 2.24) is 19.8 Å². The number of hydrogen-bond acceptors (Lipinski definition) is 3. The summed E-state index contributed by atoms with van der Waals surface area (Å²) in [6.07, 6.45) is 4.85. The molecule has 0 radical (unpaired) electrons. The molecule has 1 amide bonds. The molecule has 1 aromatic carbocycles. The second kappa shape index (κ2) is 9.78. The van der Waals surface area contributed by atoms with Crippen LogP contribution in [0.2, 0.25) is 5.02 Å². The number of hydrogen-bond donors (Lipinski definition) is 1. The first-order valence-corrected chi connectivity index (χ1v) is 9.37. The van der Waals surface area contributed by atoms with Crippen LogP contribution >= 0.6 is 36.4 Å². The highest BCUT2D eigenvalue weighted by Gasteiger charge is 2.29. The van der Waals surface area contributed by atoms with E-state index >= 15 is 0 Å². The summed E-state index contributed by atoms with van der Waals surface area (Å²) in [5.41, 5.74) is 1.88. The SMILES string of the molecule is Cl.Cl.O=C(c1cn2c(n1)CCNCC2)N1CCC(Cc2ccc(Cl)cc2)C1. The number of halogens is 3. The standard InChI is InChI=1S/C19H23ClN4O.2ClH/c20-16-3-1-14(2-4-16)11-15-6-9-24(12-15)19(25)17-13-23-10-8-21-7-5-18(23)22-17;;/h1-4,13,15,21H,5-12H2;2*1H. The third-order valence-corrected chi connectivity index (χ3v) is 5.40. The lowest BCUT2D eigenvalue weighted by atomic mass is 9.99. The molecule has 2 aromatic rings. The lowest BCUT2D eigenvalue weighted by Crippen LogP contribution is -2.29. The zero-order valence-corrected chi connectivity index (χ0v) is 17.5. The molecule has 1 saturated heterocycles. The Hall–Kier alpha value is -1.27. The van der Waals surface area contributed by atoms with Crippen LogP contribution < -0.4 is 5.32 Å². The molecule has 1 fully saturated rings. The molecule has 4 rings (SSSR count). The summed E-state index contributed by atoms with van der Waals surface area (Å²) in [4.78, 5) is 19.4. The Morgan fingerprint density at radius 1 is 1.19 bits per heavy atom. The van der Waals surface area contributed by atoms with Gasteiger partial charge < -0.3 is 14.8 Å². The van der Waals surface area contributed by atoms with E-state index in [4.69, 9.17) is 11.6 Å². The van der Waals surface area contributed by atoms with Gasteiger partial charge in [-0.25, -0.2) is 4.98 Å². The van der Waals surface area contributed by atoms with Gasteiger partial charge in [0.25, 0.3) is 5.91 Å². The first kappa shape index (κ1) is 22.0. The molecule has 0 aliphatic carbocycles. The number of carbonyl (C=O) groups excluding carboxylic acids is 1. The Labute approximate surface area is 177 Å². The molecule has 1 aromatic heterocycles. The van der Waals surface area contributed by atoms with E-state index in [9.17, 15) is 4.79 Å². The summed E-state index contributed by atoms with van der Waals surface area (Å²) < 4.78 is 2.12. The van der Waals surface area contributed by atoms with Crippen molar-refractivity contribution in [2.45, 2.75) is 25.8 Å². The normalized spacial score (nSPS) is 18.9. The number of nitrogens with one attached hydrogen (secondary N) is 1. The summed E-state index contributed by atoms with van der Waals surface area (Å²) in [5.74, 6) is 1.60. The van der Waals surface area contributed by atoms with Gasteiger partial charge in [0.2, 0.25) is 0 Å². The molecule has 5 nitrogen and oxygen atoms in total. The summed E-state index contributed by atoms with van der Waals surface area (Å²) in [5, 5.41) is 4.12. The number of likely N-dealkylation sites (tertiary alicyclic amines) is 1. The molecular formula is C19H25Cl3N4O. The average molecular weight is 432 g/mol. The molecule has 0 saturated carbocycles. The van der Waals surface area contributed by atoms with Gasteiger partial charge in [-0.1, -0.05) is 23.7 Å². The van der Waals surface area contributed by atoms with Crippen molar-refractivity contribution in [3.05, 3.63) is 52.6 Å². The number of imidazole rings is 1. The number of rotatable bonds is 3. The van der Waals surface area contributed by atoms with Gasteiger partial charge in [0.1, 0.15) is 11.5 Å². The zero-order chi connectivity index (χ0) is 17.2. The number of nitrogens with zero attached hydrogens (tertiary/aromatic N) is 3. The molecular weight excluding hydrogens is 407 g/mol. The maximum absolute atomic E-state index is 12.8. The van der Waals surface area contributed by atoms with Crippen LogP contribution in [0.25, 0.3) is 0 Å². The number of carbonyl (C=O) groups is 1. The van der Waals surface area contributed by atoms with Gasteiger partial charge in [-0.3, -0.25) is 4.79 Å². The molecule has 0 spiro atoms. The number of benzene rings is 1. The van der Waals surface area contributed by atoms with E-state index in [-0.39, 0.29) is 30.7 Å². The van der Waals surface area contributed by atoms with Crippen molar-refractivity contribution >= 4 is 42.3 Å². The lowest BCUT2D eigenvalue weighted by Gasteiger charge is -2.15. The number of amides is 1. The van der Waals surface area contributed by atoms with Gasteiger partial charge >= 0.3 is 0 Å². The van der Waals surface area contributed by atoms with Crippen molar-refractivity contribution in [1.29, 1.82) is 0 Å². The predicted molar refractivity (Wildman–Crippen MR) is 112 cm³/mol. The molecule has 0 bridgehead atoms. The fourth-order valence-electron chi connectivity index (χ4n) is 3.77. The van der Waals surface area contributed by atoms with E-state index in [0.717, 1.165) is 62.8 Å². The van der Waals surface area contributed by atoms with Crippen LogP contribution in [-0.2, 0) is 19.4 Å². The van der Waals surface area contributed by atoms with Crippen molar-refractivity contribution in [2.24, 2.45) is 5.92 Å². The highest BCUT2D eigenvalue weighted by Crippen LogP contribution is 2.23. The fourth-order valence-corrected chi connectivity index (χ4v) is 3.90. The average Bonchev–Trinajstić information content (AvgIpc) is 3.18. The minimum Gasteiger partial charge on any atom is -0.337 e. The van der Waals surface area contributed by atoms with Gasteiger partial charge in [-0.2, -0.15) is 0 Å². The van der Waals surface area contributed by atoms with Gasteiger partial charge in [-0.15, -0.1) is 24.8 Å². The monoisotopic (exact) mass is 430 g/mol. The third-order valence-electron chi connectivity index (χ3n) is 5.14. The van der Waals surface area contributed by atoms with E-state index in [0.29, 0.717) is 11.6 Å². The number of fused-ring (bicyclic) bond motifs is 1. The van der Waals surface area contributed by atoms with Gasteiger partial charge in [0.15, 0.2) is 0 Å². The number of aromatic nitrogens is 2. The van der Waals surface area contributed by atoms with Crippen LogP contribution in [0.5, 0.6) is 0 Å². The van der Waals surface area contributed by atoms with Crippen LogP contribution in [0.1, 0.15) is 28.3 Å². The van der Waals surface area contributed by atoms with E-state index in [1.54, 1.807) is 0 Å². The van der Waals surface area contributed by atoms with Crippen LogP contribution in [0.4, 0.5) is 0 Å². The lowest BCUT2D eigenvalue weighted by molar-refractivity contribution is 0.0781. The van der Waals surface area contributed by atoms with Crippen molar-refractivity contribution in [3.8, 4) is 0 Å². The van der Waals surface area contributed by atoms with Crippen LogP contribution in [-0.4, -0.2) is 46.5 Å². The van der Waals surface area contributed by atoms with E-state index in [2.05, 4.69) is 27.0 Å². The van der Waals surface area contributed by atoms with E-state index in [1.165, 1.54) is 5.56 Å². The minimum atomic E-state index is 0. The van der Waals surface area contributed by atoms with Crippen LogP contribution in [0.15, 0.2) is 30.5 Å². The molecule has 148 valence electrons. The largest absolute Gasteiger partial charge is 0.337 e. The smallest absolute Gasteiger partial charge is 0.274 e. The van der Waals surface area contributed by atoms with Gasteiger partial charge in [-0.05, 0) is 36.5 Å². The van der Waals surface area contributed by atoms with Crippen molar-refractivity contribution in [2.75, 3.05) is 26.2 Å². The van der Waals surface area contributed by atoms with Crippen LogP contribution in [0, 0.1) is 5.92 Å². The highest BCUT2D eigenvalue weighted by atomic mass is 35.5. The maximum Gasteiger partial charge on any atom is 0.274 e. The molecule has 1 atom stereocenters. The zero-order valence-electron chi connectivity index (χ0n) is 15.1. The first-order valence-electron chi connectivity index (χ1n) is 8.99. The fraction of sp³-hybridized carbons (Fsp3) is 0.474. The summed E-state index contributed by atoms with van der Waals surface area (Å²) in [6.45, 7) is 4.38. The molecule has 1 unspecified atom stereocenters. The van der Waals surface area contributed by atoms with Crippen molar-refractivity contribution in [3.63, 3.8) is 0 Å². The summed E-state index contributed by atoms with van der Waals surface area (Å²) >= 11 is 5.95. The molecule has 8 heteroatoms. The molecule has 1 N–H and O–H groups in total. The molecule has 3 heterocycles. The Morgan fingerprint density at radius 2 is 1.96 bits per heavy atom. The minimum absolute atomic E-state index is 0.